The van der Waals surface area contributed by atoms with Crippen LogP contribution >= 0.6 is 0 Å². The van der Waals surface area contributed by atoms with Gasteiger partial charge in [-0.15, -0.1) is 0 Å². The first-order chi connectivity index (χ1) is 6.30. The summed E-state index contributed by atoms with van der Waals surface area (Å²) in [5, 5.41) is 5.27. The largest absolute Gasteiger partial charge is 0.437 e. The smallest absolute Gasteiger partial charge is 0.323 e. The van der Waals surface area contributed by atoms with Crippen molar-refractivity contribution in [2.75, 3.05) is 5.32 Å². The van der Waals surface area contributed by atoms with Crippen molar-refractivity contribution in [3.05, 3.63) is 11.9 Å². The molecular formula is C7H8F3N3O. The van der Waals surface area contributed by atoms with Gasteiger partial charge in [-0.25, -0.2) is 0 Å². The van der Waals surface area contributed by atoms with Gasteiger partial charge in [0.2, 0.25) is 5.91 Å². The predicted molar refractivity (Wildman–Crippen MR) is 42.5 cm³/mol. The summed E-state index contributed by atoms with van der Waals surface area (Å²) in [5.74, 6) is -0.566. The summed E-state index contributed by atoms with van der Waals surface area (Å²) in [6.07, 6.45) is -3.46. The van der Waals surface area contributed by atoms with Crippen LogP contribution in [0.3, 0.4) is 0 Å². The van der Waals surface area contributed by atoms with E-state index in [0.29, 0.717) is 0 Å². The van der Waals surface area contributed by atoms with Crippen LogP contribution in [-0.2, 0) is 18.0 Å². The minimum absolute atomic E-state index is 0.326. The molecule has 0 saturated carbocycles. The Morgan fingerprint density at radius 1 is 1.57 bits per heavy atom. The standard InChI is InChI=1S/C7H8F3N3O/c1-4(14)11-5-3-13(2)12-6(5)7(8,9)10/h3H,1-2H3,(H,11,14). The number of carbonyl (C=O) groups is 1. The van der Waals surface area contributed by atoms with Gasteiger partial charge in [-0.2, -0.15) is 18.3 Å². The molecule has 0 atom stereocenters. The van der Waals surface area contributed by atoms with Crippen LogP contribution in [0.5, 0.6) is 0 Å². The zero-order valence-electron chi connectivity index (χ0n) is 7.51. The van der Waals surface area contributed by atoms with Crippen molar-refractivity contribution in [1.29, 1.82) is 0 Å². The Kier molecular flexibility index (Phi) is 2.50. The van der Waals surface area contributed by atoms with Crippen molar-refractivity contribution in [2.45, 2.75) is 13.1 Å². The van der Waals surface area contributed by atoms with Crippen LogP contribution in [0.15, 0.2) is 6.20 Å². The Labute approximate surface area is 77.7 Å². The number of aryl methyl sites for hydroxylation is 1. The molecule has 0 aromatic carbocycles. The highest BCUT2D eigenvalue weighted by molar-refractivity contribution is 5.89. The van der Waals surface area contributed by atoms with E-state index in [0.717, 1.165) is 17.8 Å². The molecule has 1 N–H and O–H groups in total. The molecule has 0 radical (unpaired) electrons. The molecule has 0 aliphatic heterocycles. The molecule has 0 saturated heterocycles. The Morgan fingerprint density at radius 2 is 2.14 bits per heavy atom. The Morgan fingerprint density at radius 3 is 2.57 bits per heavy atom. The number of amides is 1. The van der Waals surface area contributed by atoms with Crippen LogP contribution in [0.4, 0.5) is 18.9 Å². The van der Waals surface area contributed by atoms with E-state index in [-0.39, 0.29) is 5.69 Å². The van der Waals surface area contributed by atoms with Crippen LogP contribution < -0.4 is 5.32 Å². The summed E-state index contributed by atoms with van der Waals surface area (Å²) in [6, 6.07) is 0. The van der Waals surface area contributed by atoms with Crippen molar-refractivity contribution >= 4 is 11.6 Å². The number of halogens is 3. The van der Waals surface area contributed by atoms with Crippen LogP contribution in [-0.4, -0.2) is 15.7 Å². The molecule has 1 rings (SSSR count). The lowest BCUT2D eigenvalue weighted by atomic mass is 10.3. The maximum Gasteiger partial charge on any atom is 0.437 e. The van der Waals surface area contributed by atoms with Gasteiger partial charge in [0.05, 0.1) is 5.69 Å². The van der Waals surface area contributed by atoms with Gasteiger partial charge < -0.3 is 5.32 Å². The fraction of sp³-hybridized carbons (Fsp3) is 0.429. The van der Waals surface area contributed by atoms with Crippen LogP contribution in [0.1, 0.15) is 12.6 Å². The number of alkyl halides is 3. The number of hydrogen-bond donors (Lipinski definition) is 1. The number of nitrogens with one attached hydrogen (secondary N) is 1. The first-order valence-electron chi connectivity index (χ1n) is 3.69. The Hall–Kier alpha value is -1.53. The Bertz CT molecular complexity index is 356. The average molecular weight is 207 g/mol. The lowest BCUT2D eigenvalue weighted by molar-refractivity contribution is -0.140. The molecule has 0 spiro atoms. The average Bonchev–Trinajstić information content (AvgIpc) is 2.28. The quantitative estimate of drug-likeness (QED) is 0.756. The van der Waals surface area contributed by atoms with Crippen molar-refractivity contribution in [2.24, 2.45) is 7.05 Å². The fourth-order valence-electron chi connectivity index (χ4n) is 0.979. The van der Waals surface area contributed by atoms with Gasteiger partial charge in [-0.3, -0.25) is 9.48 Å². The summed E-state index contributed by atoms with van der Waals surface area (Å²) >= 11 is 0. The number of nitrogens with zero attached hydrogens (tertiary/aromatic N) is 2. The van der Waals surface area contributed by atoms with E-state index in [2.05, 4.69) is 10.4 Å². The molecule has 1 amide bonds. The maximum atomic E-state index is 12.3. The van der Waals surface area contributed by atoms with Gasteiger partial charge in [0, 0.05) is 20.2 Å². The summed E-state index contributed by atoms with van der Waals surface area (Å²) in [6.45, 7) is 1.13. The summed E-state index contributed by atoms with van der Waals surface area (Å²) in [5.41, 5.74) is -1.41. The Balaban J connectivity index is 3.09. The van der Waals surface area contributed by atoms with E-state index in [9.17, 15) is 18.0 Å². The van der Waals surface area contributed by atoms with E-state index in [4.69, 9.17) is 0 Å². The maximum absolute atomic E-state index is 12.3. The van der Waals surface area contributed by atoms with Crippen molar-refractivity contribution in [3.8, 4) is 0 Å². The van der Waals surface area contributed by atoms with Gasteiger partial charge in [0.15, 0.2) is 5.69 Å². The van der Waals surface area contributed by atoms with Gasteiger partial charge in [0.25, 0.3) is 0 Å². The third kappa shape index (κ3) is 2.24. The topological polar surface area (TPSA) is 46.9 Å². The molecule has 0 aliphatic rings. The van der Waals surface area contributed by atoms with E-state index < -0.39 is 17.8 Å². The highest BCUT2D eigenvalue weighted by Gasteiger charge is 2.37. The highest BCUT2D eigenvalue weighted by atomic mass is 19.4. The first kappa shape index (κ1) is 10.6. The number of anilines is 1. The second-order valence-corrected chi connectivity index (χ2v) is 2.74. The van der Waals surface area contributed by atoms with Gasteiger partial charge >= 0.3 is 6.18 Å². The molecule has 0 aliphatic carbocycles. The van der Waals surface area contributed by atoms with E-state index in [1.807, 2.05) is 0 Å². The third-order valence-corrected chi connectivity index (χ3v) is 1.41. The number of carbonyl (C=O) groups excluding carboxylic acids is 1. The van der Waals surface area contributed by atoms with Crippen LogP contribution in [0, 0.1) is 0 Å². The monoisotopic (exact) mass is 207 g/mol. The SMILES string of the molecule is CC(=O)Nc1cn(C)nc1C(F)(F)F. The molecule has 14 heavy (non-hydrogen) atoms. The lowest BCUT2D eigenvalue weighted by Gasteiger charge is -2.05. The molecule has 1 aromatic heterocycles. The van der Waals surface area contributed by atoms with Gasteiger partial charge in [-0.05, 0) is 0 Å². The van der Waals surface area contributed by atoms with E-state index in [1.165, 1.54) is 7.05 Å². The van der Waals surface area contributed by atoms with Crippen molar-refractivity contribution in [1.82, 2.24) is 9.78 Å². The summed E-state index contributed by atoms with van der Waals surface area (Å²) in [7, 11) is 1.35. The molecule has 4 nitrogen and oxygen atoms in total. The van der Waals surface area contributed by atoms with Crippen LogP contribution in [0.2, 0.25) is 0 Å². The lowest BCUT2D eigenvalue weighted by Crippen LogP contribution is -2.13. The normalized spacial score (nSPS) is 11.5. The van der Waals surface area contributed by atoms with E-state index in [1.54, 1.807) is 0 Å². The highest BCUT2D eigenvalue weighted by Crippen LogP contribution is 2.33. The van der Waals surface area contributed by atoms with E-state index >= 15 is 0 Å². The molecule has 0 bridgehead atoms. The summed E-state index contributed by atoms with van der Waals surface area (Å²) in [4.78, 5) is 10.6. The molecule has 0 fully saturated rings. The number of rotatable bonds is 1. The van der Waals surface area contributed by atoms with Crippen molar-refractivity contribution in [3.63, 3.8) is 0 Å². The fourth-order valence-corrected chi connectivity index (χ4v) is 0.979. The molecule has 1 aromatic rings. The summed E-state index contributed by atoms with van der Waals surface area (Å²) < 4.78 is 37.8. The molecule has 1 heterocycles. The van der Waals surface area contributed by atoms with Gasteiger partial charge in [0.1, 0.15) is 0 Å². The zero-order valence-corrected chi connectivity index (χ0v) is 7.51. The second kappa shape index (κ2) is 3.32. The van der Waals surface area contributed by atoms with Crippen LogP contribution in [0.25, 0.3) is 0 Å². The zero-order chi connectivity index (χ0) is 10.9. The third-order valence-electron chi connectivity index (χ3n) is 1.41. The predicted octanol–water partition coefficient (Wildman–Crippen LogP) is 1.40. The number of aromatic nitrogens is 2. The minimum atomic E-state index is -4.56. The van der Waals surface area contributed by atoms with Gasteiger partial charge in [-0.1, -0.05) is 0 Å². The minimum Gasteiger partial charge on any atom is -0.323 e. The number of hydrogen-bond acceptors (Lipinski definition) is 2. The second-order valence-electron chi connectivity index (χ2n) is 2.74. The molecule has 0 unspecified atom stereocenters. The molecular weight excluding hydrogens is 199 g/mol. The molecule has 7 heteroatoms. The van der Waals surface area contributed by atoms with Crippen molar-refractivity contribution < 1.29 is 18.0 Å². The first-order valence-corrected chi connectivity index (χ1v) is 3.69. The molecule has 78 valence electrons.